The van der Waals surface area contributed by atoms with Gasteiger partial charge in [0.25, 0.3) is 0 Å². The lowest BCUT2D eigenvalue weighted by molar-refractivity contribution is 0.623. The van der Waals surface area contributed by atoms with Gasteiger partial charge in [0.1, 0.15) is 35.3 Å². The van der Waals surface area contributed by atoms with Crippen LogP contribution >= 0.6 is 0 Å². The first-order valence-electron chi connectivity index (χ1n) is 17.4. The minimum atomic E-state index is -0.369. The molecule has 0 amide bonds. The first kappa shape index (κ1) is 35.1. The molecule has 18 heteroatoms. The molecule has 0 bridgehead atoms. The number of nitriles is 1. The third kappa shape index (κ3) is 6.48. The lowest BCUT2D eigenvalue weighted by atomic mass is 10.2. The van der Waals surface area contributed by atoms with E-state index in [9.17, 15) is 18.4 Å². The molecule has 0 aliphatic carbocycles. The molecule has 0 aliphatic heterocycles. The molecule has 0 fully saturated rings. The Labute approximate surface area is 323 Å². The fraction of sp³-hybridized carbons (Fsp3) is 0.0500. The molecule has 10 rings (SSSR count). The monoisotopic (exact) mass is 770 g/mol. The van der Waals surface area contributed by atoms with Crippen molar-refractivity contribution in [1.29, 1.82) is 5.26 Å². The molecule has 0 spiro atoms. The zero-order chi connectivity index (χ0) is 39.9. The Morgan fingerprint density at radius 2 is 1.24 bits per heavy atom. The van der Waals surface area contributed by atoms with E-state index >= 15 is 0 Å². The van der Waals surface area contributed by atoms with Gasteiger partial charge in [-0.15, -0.1) is 0 Å². The van der Waals surface area contributed by atoms with E-state index < -0.39 is 0 Å². The standard InChI is InChI=1S/2C20H12FN7O/c1-22-14-5-6-15-17(8-14)28(11-24-15)19-23-9-16-18(26-19)27(20(29)25-16)10-12-3-2-4-13(21)7-12;21-14-3-1-2-13(6-14)10-27-18-16(25-20(27)29)9-23-19(26-18)28-11-24-15-7-12(8-22)4-5-17(15)28/h2-9,11H,10H2,(H,25,29);1-7,9,11H,10H2,(H,25,29). The van der Waals surface area contributed by atoms with Crippen LogP contribution in [-0.4, -0.2) is 58.1 Å². The molecule has 4 aromatic carbocycles. The third-order valence-electron chi connectivity index (χ3n) is 9.22. The molecule has 16 nitrogen and oxygen atoms in total. The van der Waals surface area contributed by atoms with Gasteiger partial charge in [0, 0.05) is 0 Å². The summed E-state index contributed by atoms with van der Waals surface area (Å²) in [7, 11) is 0. The predicted molar refractivity (Wildman–Crippen MR) is 208 cm³/mol. The number of benzene rings is 4. The van der Waals surface area contributed by atoms with E-state index in [1.54, 1.807) is 82.5 Å². The van der Waals surface area contributed by atoms with Gasteiger partial charge in [0.15, 0.2) is 17.0 Å². The molecule has 6 heterocycles. The van der Waals surface area contributed by atoms with Gasteiger partial charge in [-0.25, -0.2) is 43.2 Å². The quantitative estimate of drug-likeness (QED) is 0.199. The maximum Gasteiger partial charge on any atom is 0.328 e. The van der Waals surface area contributed by atoms with Crippen LogP contribution in [0.4, 0.5) is 14.5 Å². The van der Waals surface area contributed by atoms with Crippen molar-refractivity contribution in [2.45, 2.75) is 13.1 Å². The number of hydrogen-bond donors (Lipinski definition) is 2. The number of fused-ring (bicyclic) bond motifs is 4. The van der Waals surface area contributed by atoms with Crippen LogP contribution < -0.4 is 11.4 Å². The van der Waals surface area contributed by atoms with Crippen LogP contribution in [-0.2, 0) is 13.1 Å². The highest BCUT2D eigenvalue weighted by atomic mass is 19.1. The normalized spacial score (nSPS) is 11.2. The van der Waals surface area contributed by atoms with Crippen molar-refractivity contribution in [3.05, 3.63) is 171 Å². The van der Waals surface area contributed by atoms with Crippen LogP contribution in [0.15, 0.2) is 120 Å². The molecule has 0 saturated heterocycles. The molecule has 0 saturated carbocycles. The Morgan fingerprint density at radius 1 is 0.672 bits per heavy atom. The van der Waals surface area contributed by atoms with E-state index in [0.717, 1.165) is 5.52 Å². The van der Waals surface area contributed by atoms with Gasteiger partial charge in [-0.2, -0.15) is 15.2 Å². The SMILES string of the molecule is N#Cc1ccc2c(c1)ncn2-c1ncc2[nH]c(=O)n(Cc3cccc(F)c3)c2n1.[C-]#[N+]c1ccc2ncn(-c3ncc4[nH]c(=O)n(Cc5cccc(F)c5)c4n3)c2c1. The molecule has 280 valence electrons. The van der Waals surface area contributed by atoms with Gasteiger partial charge in [-0.3, -0.25) is 18.3 Å². The smallest absolute Gasteiger partial charge is 0.303 e. The van der Waals surface area contributed by atoms with Crippen molar-refractivity contribution >= 4 is 50.1 Å². The molecule has 6 aromatic heterocycles. The number of aromatic nitrogens is 12. The van der Waals surface area contributed by atoms with Crippen LogP contribution in [0.25, 0.3) is 61.1 Å². The number of aromatic amines is 2. The zero-order valence-electron chi connectivity index (χ0n) is 29.7. The summed E-state index contributed by atoms with van der Waals surface area (Å²) in [4.78, 5) is 60.0. The summed E-state index contributed by atoms with van der Waals surface area (Å²) >= 11 is 0. The van der Waals surface area contributed by atoms with Crippen molar-refractivity contribution in [3.63, 3.8) is 0 Å². The van der Waals surface area contributed by atoms with Crippen LogP contribution in [0.1, 0.15) is 16.7 Å². The second-order valence-corrected chi connectivity index (χ2v) is 12.9. The zero-order valence-corrected chi connectivity index (χ0v) is 29.7. The van der Waals surface area contributed by atoms with Gasteiger partial charge in [0.2, 0.25) is 11.9 Å². The largest absolute Gasteiger partial charge is 0.328 e. The molecule has 58 heavy (non-hydrogen) atoms. The van der Waals surface area contributed by atoms with E-state index in [0.29, 0.717) is 73.2 Å². The first-order chi connectivity index (χ1) is 28.2. The summed E-state index contributed by atoms with van der Waals surface area (Å²) in [5, 5.41) is 9.04. The summed E-state index contributed by atoms with van der Waals surface area (Å²) in [5.74, 6) is -0.0932. The molecule has 0 radical (unpaired) electrons. The Morgan fingerprint density at radius 3 is 1.79 bits per heavy atom. The highest BCUT2D eigenvalue weighted by Crippen LogP contribution is 2.23. The first-order valence-corrected chi connectivity index (χ1v) is 17.4. The summed E-state index contributed by atoms with van der Waals surface area (Å²) in [5.41, 5.74) is 6.06. The van der Waals surface area contributed by atoms with Gasteiger partial charge < -0.3 is 9.97 Å². The van der Waals surface area contributed by atoms with E-state index in [2.05, 4.69) is 50.8 Å². The van der Waals surface area contributed by atoms with Crippen molar-refractivity contribution in [1.82, 2.24) is 58.1 Å². The van der Waals surface area contributed by atoms with Gasteiger partial charge in [0.05, 0.1) is 65.8 Å². The number of H-pyrrole nitrogens is 2. The molecular weight excluding hydrogens is 747 g/mol. The average molecular weight is 771 g/mol. The van der Waals surface area contributed by atoms with Crippen molar-refractivity contribution in [2.75, 3.05) is 0 Å². The summed E-state index contributed by atoms with van der Waals surface area (Å²) < 4.78 is 33.2. The van der Waals surface area contributed by atoms with Crippen molar-refractivity contribution in [3.8, 4) is 18.0 Å². The average Bonchev–Trinajstić information content (AvgIpc) is 4.00. The maximum absolute atomic E-state index is 13.5. The summed E-state index contributed by atoms with van der Waals surface area (Å²) in [6.07, 6.45) is 6.18. The van der Waals surface area contributed by atoms with Crippen LogP contribution in [0.2, 0.25) is 0 Å². The maximum atomic E-state index is 13.5. The topological polar surface area (TPSA) is 191 Å². The van der Waals surface area contributed by atoms with E-state index in [1.807, 2.05) is 0 Å². The minimum absolute atomic E-state index is 0.166. The number of imidazole rings is 4. The van der Waals surface area contributed by atoms with Gasteiger partial charge in [-0.1, -0.05) is 30.3 Å². The Balaban J connectivity index is 0.000000150. The molecule has 0 atom stereocenters. The van der Waals surface area contributed by atoms with E-state index in [1.165, 1.54) is 45.8 Å². The molecule has 2 N–H and O–H groups in total. The van der Waals surface area contributed by atoms with Gasteiger partial charge >= 0.3 is 11.4 Å². The predicted octanol–water partition coefficient (Wildman–Crippen LogP) is 5.71. The van der Waals surface area contributed by atoms with Crippen LogP contribution in [0.5, 0.6) is 0 Å². The fourth-order valence-electron chi connectivity index (χ4n) is 6.50. The van der Waals surface area contributed by atoms with Crippen LogP contribution in [0, 0.1) is 29.5 Å². The highest BCUT2D eigenvalue weighted by Gasteiger charge is 2.16. The summed E-state index contributed by atoms with van der Waals surface area (Å²) in [6.45, 7) is 7.54. The second-order valence-electron chi connectivity index (χ2n) is 12.9. The fourth-order valence-corrected chi connectivity index (χ4v) is 6.50. The lowest BCUT2D eigenvalue weighted by Crippen LogP contribution is -2.18. The Hall–Kier alpha value is -8.64. The Bertz CT molecular complexity index is 3430. The molecular formula is C40H24F2N14O2. The number of halogens is 2. The van der Waals surface area contributed by atoms with Crippen molar-refractivity contribution < 1.29 is 8.78 Å². The summed E-state index contributed by atoms with van der Waals surface area (Å²) in [6, 6.07) is 24.5. The minimum Gasteiger partial charge on any atom is -0.303 e. The number of rotatable bonds is 6. The highest BCUT2D eigenvalue weighted by molar-refractivity contribution is 5.82. The van der Waals surface area contributed by atoms with Crippen LogP contribution in [0.3, 0.4) is 0 Å². The van der Waals surface area contributed by atoms with Crippen molar-refractivity contribution in [2.24, 2.45) is 0 Å². The Kier molecular flexibility index (Phi) is 8.60. The molecule has 0 aliphatic rings. The van der Waals surface area contributed by atoms with E-state index in [-0.39, 0.29) is 36.1 Å². The number of nitrogens with zero attached hydrogens (tertiary/aromatic N) is 12. The second kappa shape index (κ2) is 14.2. The number of nitrogens with one attached hydrogen (secondary N) is 2. The lowest BCUT2D eigenvalue weighted by Gasteiger charge is -2.06. The molecule has 10 aromatic rings. The third-order valence-corrected chi connectivity index (χ3v) is 9.22. The molecule has 0 unspecified atom stereocenters. The van der Waals surface area contributed by atoms with E-state index in [4.69, 9.17) is 11.8 Å². The number of hydrogen-bond acceptors (Lipinski definition) is 9. The van der Waals surface area contributed by atoms with Gasteiger partial charge in [-0.05, 0) is 65.7 Å².